The minimum atomic E-state index is -0.668. The van der Waals surface area contributed by atoms with E-state index >= 15 is 0 Å². The number of oxime groups is 1. The van der Waals surface area contributed by atoms with E-state index in [1.54, 1.807) is 6.20 Å². The van der Waals surface area contributed by atoms with Crippen LogP contribution in [0.3, 0.4) is 0 Å². The van der Waals surface area contributed by atoms with Crippen molar-refractivity contribution in [1.82, 2.24) is 15.2 Å². The van der Waals surface area contributed by atoms with E-state index < -0.39 is 12.1 Å². The molecule has 36 heavy (non-hydrogen) atoms. The monoisotopic (exact) mass is 570 g/mol. The van der Waals surface area contributed by atoms with Crippen LogP contribution in [0, 0.1) is 0 Å². The molecular weight excluding hydrogens is 548 g/mol. The number of fused-ring (bicyclic) bond motifs is 1. The fourth-order valence-electron chi connectivity index (χ4n) is 4.52. The average molecular weight is 572 g/mol. The van der Waals surface area contributed by atoms with Crippen molar-refractivity contribution in [3.05, 3.63) is 76.9 Å². The van der Waals surface area contributed by atoms with Crippen molar-refractivity contribution >= 4 is 55.1 Å². The lowest BCUT2D eigenvalue weighted by atomic mass is 9.96. The number of ether oxygens (including phenoxy) is 1. The molecule has 0 spiro atoms. The molecule has 2 aliphatic rings. The van der Waals surface area contributed by atoms with E-state index in [1.807, 2.05) is 54.6 Å². The molecule has 1 unspecified atom stereocenters. The predicted molar refractivity (Wildman–Crippen MR) is 140 cm³/mol. The lowest BCUT2D eigenvalue weighted by Gasteiger charge is -2.23. The topological polar surface area (TPSA) is 93.1 Å². The van der Waals surface area contributed by atoms with E-state index in [4.69, 9.17) is 21.2 Å². The first-order valence-corrected chi connectivity index (χ1v) is 12.8. The van der Waals surface area contributed by atoms with E-state index in [2.05, 4.69) is 31.4 Å². The number of nitrogens with one attached hydrogen (secondary N) is 1. The number of hydrogen-bond donors (Lipinski definition) is 1. The molecule has 186 valence electrons. The molecule has 3 atom stereocenters. The fraction of sp³-hybridized carbons (Fsp3) is 0.308. The number of halogens is 2. The lowest BCUT2D eigenvalue weighted by Crippen LogP contribution is -2.47. The summed E-state index contributed by atoms with van der Waals surface area (Å²) >= 11 is 9.35. The van der Waals surface area contributed by atoms with Gasteiger partial charge in [0.2, 0.25) is 5.91 Å². The Kier molecular flexibility index (Phi) is 7.38. The van der Waals surface area contributed by atoms with Crippen LogP contribution >= 0.6 is 27.5 Å². The third-order valence-electron chi connectivity index (χ3n) is 6.39. The third-order valence-corrected chi connectivity index (χ3v) is 7.11. The molecule has 1 N–H and O–H groups in total. The van der Waals surface area contributed by atoms with Crippen LogP contribution in [0.2, 0.25) is 5.02 Å². The first-order chi connectivity index (χ1) is 17.5. The number of para-hydroxylation sites is 1. The maximum absolute atomic E-state index is 13.2. The Labute approximate surface area is 221 Å². The first-order valence-electron chi connectivity index (χ1n) is 11.6. The molecule has 2 aliphatic heterocycles. The summed E-state index contributed by atoms with van der Waals surface area (Å²) in [4.78, 5) is 37.5. The van der Waals surface area contributed by atoms with Gasteiger partial charge in [0.15, 0.2) is 6.10 Å². The van der Waals surface area contributed by atoms with Gasteiger partial charge in [-0.2, -0.15) is 0 Å². The number of pyridine rings is 1. The predicted octanol–water partition coefficient (Wildman–Crippen LogP) is 5.00. The van der Waals surface area contributed by atoms with Crippen LogP contribution in [0.5, 0.6) is 0 Å². The van der Waals surface area contributed by atoms with Crippen molar-refractivity contribution in [2.24, 2.45) is 5.16 Å². The number of carbonyl (C=O) groups excluding carboxylic acids is 2. The molecule has 1 aromatic heterocycles. The van der Waals surface area contributed by atoms with Crippen LogP contribution < -0.4 is 5.32 Å². The minimum Gasteiger partial charge on any atom is -0.444 e. The summed E-state index contributed by atoms with van der Waals surface area (Å²) in [5.41, 5.74) is 2.67. The van der Waals surface area contributed by atoms with Gasteiger partial charge in [-0.25, -0.2) is 4.79 Å². The fourth-order valence-corrected chi connectivity index (χ4v) is 5.09. The van der Waals surface area contributed by atoms with Crippen molar-refractivity contribution in [2.75, 3.05) is 13.1 Å². The highest BCUT2D eigenvalue weighted by Crippen LogP contribution is 2.33. The summed E-state index contributed by atoms with van der Waals surface area (Å²) in [6.07, 6.45) is 1.98. The molecule has 3 aromatic rings. The van der Waals surface area contributed by atoms with E-state index in [1.165, 1.54) is 4.90 Å². The Hall–Kier alpha value is -3.17. The van der Waals surface area contributed by atoms with Crippen LogP contribution in [0.25, 0.3) is 10.9 Å². The SMILES string of the molecule is O=C(NCC1CC(Br)=NO1)[C@@H]1C[C@@H](c2ccc(Cl)cc2)CN1C(=O)OCc1cnc2ccccc2c1. The van der Waals surface area contributed by atoms with Crippen LogP contribution in [-0.2, 0) is 21.0 Å². The molecule has 0 radical (unpaired) electrons. The van der Waals surface area contributed by atoms with E-state index in [0.29, 0.717) is 35.6 Å². The van der Waals surface area contributed by atoms with Gasteiger partial charge in [0.05, 0.1) is 12.1 Å². The highest BCUT2D eigenvalue weighted by Gasteiger charge is 2.41. The first kappa shape index (κ1) is 24.5. The number of amides is 2. The van der Waals surface area contributed by atoms with E-state index in [9.17, 15) is 9.59 Å². The minimum absolute atomic E-state index is 0.0203. The second-order valence-corrected chi connectivity index (χ2v) is 10.2. The largest absolute Gasteiger partial charge is 0.444 e. The number of benzene rings is 2. The highest BCUT2D eigenvalue weighted by atomic mass is 79.9. The van der Waals surface area contributed by atoms with Gasteiger partial charge < -0.3 is 14.9 Å². The van der Waals surface area contributed by atoms with Gasteiger partial charge in [0.1, 0.15) is 17.3 Å². The van der Waals surface area contributed by atoms with Gasteiger partial charge in [-0.3, -0.25) is 14.7 Å². The zero-order chi connectivity index (χ0) is 25.1. The van der Waals surface area contributed by atoms with Crippen LogP contribution in [0.15, 0.2) is 65.9 Å². The number of aromatic nitrogens is 1. The molecule has 2 amide bonds. The van der Waals surface area contributed by atoms with E-state index in [0.717, 1.165) is 22.0 Å². The molecule has 1 saturated heterocycles. The number of hydrogen-bond acceptors (Lipinski definition) is 6. The summed E-state index contributed by atoms with van der Waals surface area (Å²) in [5.74, 6) is -0.268. The molecule has 0 aliphatic carbocycles. The molecule has 2 aromatic carbocycles. The third kappa shape index (κ3) is 5.63. The lowest BCUT2D eigenvalue weighted by molar-refractivity contribution is -0.125. The van der Waals surface area contributed by atoms with Crippen molar-refractivity contribution in [2.45, 2.75) is 37.5 Å². The summed E-state index contributed by atoms with van der Waals surface area (Å²) in [6.45, 7) is 0.725. The zero-order valence-electron chi connectivity index (χ0n) is 19.3. The molecule has 10 heteroatoms. The number of carbonyl (C=O) groups is 2. The zero-order valence-corrected chi connectivity index (χ0v) is 21.6. The van der Waals surface area contributed by atoms with Crippen LogP contribution in [-0.4, -0.2) is 51.7 Å². The van der Waals surface area contributed by atoms with Gasteiger partial charge in [0, 0.05) is 41.1 Å². The van der Waals surface area contributed by atoms with Crippen molar-refractivity contribution in [3.8, 4) is 0 Å². The van der Waals surface area contributed by atoms with E-state index in [-0.39, 0.29) is 24.5 Å². The average Bonchev–Trinajstić information content (AvgIpc) is 3.53. The molecule has 8 nitrogen and oxygen atoms in total. The summed E-state index contributed by atoms with van der Waals surface area (Å²) in [5, 5.41) is 8.36. The second kappa shape index (κ2) is 10.8. The Morgan fingerprint density at radius 2 is 2.00 bits per heavy atom. The van der Waals surface area contributed by atoms with Crippen molar-refractivity contribution < 1.29 is 19.2 Å². The Bertz CT molecular complexity index is 1300. The quantitative estimate of drug-likeness (QED) is 0.450. The van der Waals surface area contributed by atoms with Gasteiger partial charge >= 0.3 is 6.09 Å². The van der Waals surface area contributed by atoms with Crippen molar-refractivity contribution in [3.63, 3.8) is 0 Å². The highest BCUT2D eigenvalue weighted by molar-refractivity contribution is 9.18. The van der Waals surface area contributed by atoms with Gasteiger partial charge in [0.25, 0.3) is 0 Å². The van der Waals surface area contributed by atoms with Gasteiger partial charge in [-0.15, -0.1) is 0 Å². The second-order valence-electron chi connectivity index (χ2n) is 8.89. The van der Waals surface area contributed by atoms with Crippen LogP contribution in [0.4, 0.5) is 4.79 Å². The molecule has 3 heterocycles. The molecule has 5 rings (SSSR count). The number of nitrogens with zero attached hydrogens (tertiary/aromatic N) is 3. The number of rotatable bonds is 6. The molecule has 0 bridgehead atoms. The Morgan fingerprint density at radius 1 is 1.19 bits per heavy atom. The summed E-state index contributed by atoms with van der Waals surface area (Å²) < 4.78 is 6.34. The van der Waals surface area contributed by atoms with Gasteiger partial charge in [-0.1, -0.05) is 47.1 Å². The van der Waals surface area contributed by atoms with Crippen LogP contribution in [0.1, 0.15) is 29.9 Å². The Balaban J connectivity index is 1.27. The smallest absolute Gasteiger partial charge is 0.410 e. The molecule has 0 saturated carbocycles. The summed E-state index contributed by atoms with van der Waals surface area (Å²) in [6, 6.07) is 16.5. The number of likely N-dealkylation sites (tertiary alicyclic amines) is 1. The molecular formula is C26H24BrClN4O4. The standard InChI is InChI=1S/C26H24BrClN4O4/c27-24-11-21(36-31-24)13-30-25(33)23-10-19(17-5-7-20(28)8-6-17)14-32(23)26(34)35-15-16-9-18-3-1-2-4-22(18)29-12-16/h1-9,12,19,21,23H,10-11,13-15H2,(H,30,33)/t19-,21?,23+/m1/s1. The normalized spacial score (nSPS) is 21.2. The molecule has 1 fully saturated rings. The summed E-state index contributed by atoms with van der Waals surface area (Å²) in [7, 11) is 0. The van der Waals surface area contributed by atoms with Gasteiger partial charge in [-0.05, 0) is 52.2 Å². The Morgan fingerprint density at radius 3 is 2.78 bits per heavy atom. The maximum atomic E-state index is 13.2. The van der Waals surface area contributed by atoms with Crippen molar-refractivity contribution in [1.29, 1.82) is 0 Å². The maximum Gasteiger partial charge on any atom is 0.410 e.